The van der Waals surface area contributed by atoms with Crippen molar-refractivity contribution >= 4 is 11.7 Å². The first kappa shape index (κ1) is 14.2. The van der Waals surface area contributed by atoms with Gasteiger partial charge in [-0.25, -0.2) is 0 Å². The third-order valence-corrected chi connectivity index (χ3v) is 4.94. The largest absolute Gasteiger partial charge is 0.409 e. The van der Waals surface area contributed by atoms with Crippen molar-refractivity contribution in [1.29, 1.82) is 0 Å². The van der Waals surface area contributed by atoms with Crippen LogP contribution in [0.1, 0.15) is 51.9 Å². The van der Waals surface area contributed by atoms with E-state index in [1.54, 1.807) is 0 Å². The van der Waals surface area contributed by atoms with Gasteiger partial charge in [0.1, 0.15) is 5.41 Å². The summed E-state index contributed by atoms with van der Waals surface area (Å²) in [5.41, 5.74) is 5.10. The lowest BCUT2D eigenvalue weighted by Crippen LogP contribution is -2.52. The lowest BCUT2D eigenvalue weighted by Gasteiger charge is -2.37. The molecule has 0 aromatic rings. The fraction of sp³-hybridized carbons (Fsp3) is 0.857. The molecule has 0 aromatic carbocycles. The maximum atomic E-state index is 12.8. The minimum Gasteiger partial charge on any atom is -0.409 e. The molecule has 5 heteroatoms. The first-order chi connectivity index (χ1) is 9.14. The highest BCUT2D eigenvalue weighted by Gasteiger charge is 2.47. The van der Waals surface area contributed by atoms with E-state index in [-0.39, 0.29) is 11.7 Å². The second-order valence-corrected chi connectivity index (χ2v) is 5.92. The normalized spacial score (nSPS) is 24.7. The number of oxime groups is 1. The Morgan fingerprint density at radius 1 is 1.37 bits per heavy atom. The smallest absolute Gasteiger partial charge is 0.236 e. The van der Waals surface area contributed by atoms with E-state index >= 15 is 0 Å². The molecule has 3 N–H and O–H groups in total. The molecule has 1 aliphatic carbocycles. The van der Waals surface area contributed by atoms with Crippen molar-refractivity contribution in [1.82, 2.24) is 4.90 Å². The van der Waals surface area contributed by atoms with Crippen LogP contribution in [0.4, 0.5) is 0 Å². The minimum atomic E-state index is -0.728. The van der Waals surface area contributed by atoms with Gasteiger partial charge in [-0.15, -0.1) is 0 Å². The number of piperidine rings is 1. The van der Waals surface area contributed by atoms with Gasteiger partial charge in [0.2, 0.25) is 5.91 Å². The lowest BCUT2D eigenvalue weighted by atomic mass is 9.82. The first-order valence-corrected chi connectivity index (χ1v) is 7.41. The summed E-state index contributed by atoms with van der Waals surface area (Å²) >= 11 is 0. The van der Waals surface area contributed by atoms with Gasteiger partial charge >= 0.3 is 0 Å². The van der Waals surface area contributed by atoms with Crippen molar-refractivity contribution in [2.75, 3.05) is 13.1 Å². The molecule has 2 fully saturated rings. The van der Waals surface area contributed by atoms with Gasteiger partial charge < -0.3 is 15.8 Å². The zero-order chi connectivity index (χ0) is 13.9. The molecule has 1 amide bonds. The van der Waals surface area contributed by atoms with Crippen molar-refractivity contribution in [3.05, 3.63) is 0 Å². The van der Waals surface area contributed by atoms with Crippen molar-refractivity contribution in [3.63, 3.8) is 0 Å². The van der Waals surface area contributed by atoms with Crippen molar-refractivity contribution < 1.29 is 10.0 Å². The summed E-state index contributed by atoms with van der Waals surface area (Å²) in [6, 6.07) is 0. The highest BCUT2D eigenvalue weighted by molar-refractivity contribution is 6.07. The molecule has 0 spiro atoms. The predicted octanol–water partition coefficient (Wildman–Crippen LogP) is 1.94. The molecule has 2 aliphatic rings. The number of carbonyl (C=O) groups is 1. The monoisotopic (exact) mass is 267 g/mol. The fourth-order valence-corrected chi connectivity index (χ4v) is 3.50. The summed E-state index contributed by atoms with van der Waals surface area (Å²) in [6.45, 7) is 3.84. The van der Waals surface area contributed by atoms with Crippen molar-refractivity contribution in [3.8, 4) is 0 Å². The van der Waals surface area contributed by atoms with Crippen LogP contribution in [-0.4, -0.2) is 34.9 Å². The zero-order valence-corrected chi connectivity index (χ0v) is 11.8. The van der Waals surface area contributed by atoms with Crippen LogP contribution in [0.25, 0.3) is 0 Å². The summed E-state index contributed by atoms with van der Waals surface area (Å²) in [4.78, 5) is 14.7. The Morgan fingerprint density at radius 3 is 2.42 bits per heavy atom. The standard InChI is InChI=1S/C14H25N3O2/c1-2-11-5-9-17(10-6-11)13(18)14(12(15)16-19)7-3-4-8-14/h11,19H,2-10H2,1H3,(H2,15,16). The van der Waals surface area contributed by atoms with Gasteiger partial charge in [0, 0.05) is 13.1 Å². The van der Waals surface area contributed by atoms with Crippen LogP contribution < -0.4 is 5.73 Å². The summed E-state index contributed by atoms with van der Waals surface area (Å²) in [5, 5.41) is 12.1. The van der Waals surface area contributed by atoms with Crippen LogP contribution in [0.15, 0.2) is 5.16 Å². The molecular weight excluding hydrogens is 242 g/mol. The van der Waals surface area contributed by atoms with E-state index in [9.17, 15) is 4.79 Å². The van der Waals surface area contributed by atoms with Gasteiger partial charge in [0.15, 0.2) is 5.84 Å². The topological polar surface area (TPSA) is 78.9 Å². The van der Waals surface area contributed by atoms with Gasteiger partial charge in [-0.1, -0.05) is 31.3 Å². The molecule has 1 saturated heterocycles. The number of nitrogens with two attached hydrogens (primary N) is 1. The Labute approximate surface area is 114 Å². The van der Waals surface area contributed by atoms with Crippen LogP contribution in [0, 0.1) is 11.3 Å². The maximum Gasteiger partial charge on any atom is 0.236 e. The average Bonchev–Trinajstić information content (AvgIpc) is 2.96. The summed E-state index contributed by atoms with van der Waals surface area (Å²) < 4.78 is 0. The third kappa shape index (κ3) is 2.55. The molecule has 1 heterocycles. The molecule has 0 radical (unpaired) electrons. The molecule has 108 valence electrons. The molecule has 1 aliphatic heterocycles. The van der Waals surface area contributed by atoms with Gasteiger partial charge in [-0.05, 0) is 31.6 Å². The number of amidine groups is 1. The Morgan fingerprint density at radius 2 is 1.95 bits per heavy atom. The highest BCUT2D eigenvalue weighted by Crippen LogP contribution is 2.40. The molecule has 2 rings (SSSR count). The zero-order valence-electron chi connectivity index (χ0n) is 11.8. The Bertz CT molecular complexity index is 354. The van der Waals surface area contributed by atoms with E-state index in [2.05, 4.69) is 12.1 Å². The van der Waals surface area contributed by atoms with Gasteiger partial charge in [0.25, 0.3) is 0 Å². The van der Waals surface area contributed by atoms with E-state index in [0.29, 0.717) is 0 Å². The minimum absolute atomic E-state index is 0.0786. The van der Waals surface area contributed by atoms with Gasteiger partial charge in [0.05, 0.1) is 0 Å². The number of hydrogen-bond acceptors (Lipinski definition) is 3. The Balaban J connectivity index is 2.09. The SMILES string of the molecule is CCC1CCN(C(=O)C2(C(N)=NO)CCCC2)CC1. The van der Waals surface area contributed by atoms with Crippen LogP contribution in [0.2, 0.25) is 0 Å². The number of amides is 1. The number of carbonyl (C=O) groups excluding carboxylic acids is 1. The molecule has 1 saturated carbocycles. The van der Waals surface area contributed by atoms with E-state index in [0.717, 1.165) is 57.5 Å². The Hall–Kier alpha value is -1.26. The highest BCUT2D eigenvalue weighted by atomic mass is 16.4. The van der Waals surface area contributed by atoms with Crippen molar-refractivity contribution in [2.24, 2.45) is 22.2 Å². The molecular formula is C14H25N3O2. The third-order valence-electron chi connectivity index (χ3n) is 4.94. The fourth-order valence-electron chi connectivity index (χ4n) is 3.50. The van der Waals surface area contributed by atoms with Crippen LogP contribution in [0.5, 0.6) is 0 Å². The number of hydrogen-bond donors (Lipinski definition) is 2. The quantitative estimate of drug-likeness (QED) is 0.355. The summed E-state index contributed by atoms with van der Waals surface area (Å²) in [5.74, 6) is 0.926. The van der Waals surface area contributed by atoms with E-state index < -0.39 is 5.41 Å². The summed E-state index contributed by atoms with van der Waals surface area (Å²) in [7, 11) is 0. The predicted molar refractivity (Wildman–Crippen MR) is 73.9 cm³/mol. The van der Waals surface area contributed by atoms with Crippen LogP contribution in [0.3, 0.4) is 0 Å². The number of nitrogens with zero attached hydrogens (tertiary/aromatic N) is 2. The van der Waals surface area contributed by atoms with Crippen LogP contribution in [-0.2, 0) is 4.79 Å². The molecule has 0 atom stereocenters. The molecule has 19 heavy (non-hydrogen) atoms. The van der Waals surface area contributed by atoms with E-state index in [4.69, 9.17) is 10.9 Å². The maximum absolute atomic E-state index is 12.8. The van der Waals surface area contributed by atoms with E-state index in [1.165, 1.54) is 6.42 Å². The van der Waals surface area contributed by atoms with Crippen LogP contribution >= 0.6 is 0 Å². The first-order valence-electron chi connectivity index (χ1n) is 7.41. The summed E-state index contributed by atoms with van der Waals surface area (Å²) in [6.07, 6.45) is 6.74. The number of rotatable bonds is 3. The second kappa shape index (κ2) is 5.80. The molecule has 0 bridgehead atoms. The lowest BCUT2D eigenvalue weighted by molar-refractivity contribution is -0.139. The molecule has 5 nitrogen and oxygen atoms in total. The van der Waals surface area contributed by atoms with Crippen molar-refractivity contribution in [2.45, 2.75) is 51.9 Å². The molecule has 0 aromatic heterocycles. The number of likely N-dealkylation sites (tertiary alicyclic amines) is 1. The Kier molecular flexibility index (Phi) is 4.32. The van der Waals surface area contributed by atoms with Gasteiger partial charge in [-0.2, -0.15) is 0 Å². The second-order valence-electron chi connectivity index (χ2n) is 5.92. The molecule has 0 unspecified atom stereocenters. The average molecular weight is 267 g/mol. The van der Waals surface area contributed by atoms with Gasteiger partial charge in [-0.3, -0.25) is 4.79 Å². The van der Waals surface area contributed by atoms with E-state index in [1.807, 2.05) is 4.90 Å².